The SMILES string of the molecule is CCC(F)(F)c1ccc(-c2noc3cc(Oc4ccc5c(c4)O[C@@](CC)(C(=O)O)CO5)ccc23)cc1. The smallest absolute Gasteiger partial charge is 0.351 e. The molecular weight excluding hydrogens is 472 g/mol. The molecule has 186 valence electrons. The van der Waals surface area contributed by atoms with Crippen molar-refractivity contribution < 1.29 is 37.4 Å². The van der Waals surface area contributed by atoms with Crippen molar-refractivity contribution in [3.63, 3.8) is 0 Å². The van der Waals surface area contributed by atoms with Crippen molar-refractivity contribution in [3.8, 4) is 34.3 Å². The average molecular weight is 495 g/mol. The van der Waals surface area contributed by atoms with Crippen LogP contribution in [0.3, 0.4) is 0 Å². The first kappa shape index (κ1) is 23.6. The Kier molecular flexibility index (Phi) is 5.78. The first-order valence-corrected chi connectivity index (χ1v) is 11.5. The van der Waals surface area contributed by atoms with Gasteiger partial charge in [-0.3, -0.25) is 0 Å². The molecule has 0 spiro atoms. The first-order valence-electron chi connectivity index (χ1n) is 11.5. The Morgan fingerprint density at radius 2 is 1.78 bits per heavy atom. The van der Waals surface area contributed by atoms with Crippen LogP contribution in [0.4, 0.5) is 8.78 Å². The van der Waals surface area contributed by atoms with Gasteiger partial charge in [-0.25, -0.2) is 13.6 Å². The highest BCUT2D eigenvalue weighted by atomic mass is 19.3. The maximum absolute atomic E-state index is 13.9. The minimum atomic E-state index is -2.88. The number of rotatable bonds is 7. The van der Waals surface area contributed by atoms with Crippen LogP contribution in [0.25, 0.3) is 22.2 Å². The third kappa shape index (κ3) is 4.10. The molecule has 1 N–H and O–H groups in total. The quantitative estimate of drug-likeness (QED) is 0.302. The van der Waals surface area contributed by atoms with E-state index in [4.69, 9.17) is 18.7 Å². The van der Waals surface area contributed by atoms with Gasteiger partial charge in [-0.2, -0.15) is 0 Å². The number of fused-ring (bicyclic) bond motifs is 2. The van der Waals surface area contributed by atoms with Crippen LogP contribution in [-0.2, 0) is 10.7 Å². The number of nitrogens with zero attached hydrogens (tertiary/aromatic N) is 1. The third-order valence-corrected chi connectivity index (χ3v) is 6.35. The summed E-state index contributed by atoms with van der Waals surface area (Å²) in [5.74, 6) is -2.38. The average Bonchev–Trinajstić information content (AvgIpc) is 3.31. The van der Waals surface area contributed by atoms with Gasteiger partial charge in [-0.15, -0.1) is 0 Å². The van der Waals surface area contributed by atoms with Gasteiger partial charge in [-0.1, -0.05) is 43.3 Å². The van der Waals surface area contributed by atoms with E-state index in [1.807, 2.05) is 0 Å². The number of hydrogen-bond donors (Lipinski definition) is 1. The lowest BCUT2D eigenvalue weighted by atomic mass is 10.0. The van der Waals surface area contributed by atoms with Gasteiger partial charge in [0.15, 0.2) is 17.1 Å². The summed E-state index contributed by atoms with van der Waals surface area (Å²) in [5, 5.41) is 14.4. The lowest BCUT2D eigenvalue weighted by Crippen LogP contribution is -2.51. The number of aromatic nitrogens is 1. The lowest BCUT2D eigenvalue weighted by molar-refractivity contribution is -0.160. The fourth-order valence-corrected chi connectivity index (χ4v) is 4.02. The van der Waals surface area contributed by atoms with Gasteiger partial charge < -0.3 is 23.8 Å². The second-order valence-electron chi connectivity index (χ2n) is 8.58. The van der Waals surface area contributed by atoms with Gasteiger partial charge in [0, 0.05) is 35.1 Å². The minimum absolute atomic E-state index is 0.0452. The topological polar surface area (TPSA) is 91.0 Å². The highest BCUT2D eigenvalue weighted by molar-refractivity contribution is 5.92. The number of ether oxygens (including phenoxy) is 3. The molecule has 9 heteroatoms. The Labute approximate surface area is 205 Å². The Bertz CT molecular complexity index is 1430. The van der Waals surface area contributed by atoms with E-state index in [0.29, 0.717) is 39.5 Å². The van der Waals surface area contributed by atoms with E-state index in [9.17, 15) is 18.7 Å². The van der Waals surface area contributed by atoms with Gasteiger partial charge in [0.05, 0.1) is 0 Å². The number of benzene rings is 3. The van der Waals surface area contributed by atoms with Crippen molar-refractivity contribution in [2.45, 2.75) is 38.2 Å². The summed E-state index contributed by atoms with van der Waals surface area (Å²) in [4.78, 5) is 11.7. The van der Waals surface area contributed by atoms with E-state index < -0.39 is 17.5 Å². The van der Waals surface area contributed by atoms with E-state index >= 15 is 0 Å². The maximum atomic E-state index is 13.9. The summed E-state index contributed by atoms with van der Waals surface area (Å²) >= 11 is 0. The summed E-state index contributed by atoms with van der Waals surface area (Å²) in [5.41, 5.74) is 0.149. The molecular formula is C27H23F2NO6. The number of aliphatic carboxylic acids is 1. The van der Waals surface area contributed by atoms with Crippen LogP contribution in [0.1, 0.15) is 32.3 Å². The van der Waals surface area contributed by atoms with Crippen molar-refractivity contribution in [2.24, 2.45) is 0 Å². The molecule has 36 heavy (non-hydrogen) atoms. The third-order valence-electron chi connectivity index (χ3n) is 6.35. The van der Waals surface area contributed by atoms with Gasteiger partial charge in [0.1, 0.15) is 23.8 Å². The Balaban J connectivity index is 1.38. The predicted molar refractivity (Wildman–Crippen MR) is 127 cm³/mol. The highest BCUT2D eigenvalue weighted by Gasteiger charge is 2.44. The molecule has 0 fully saturated rings. The van der Waals surface area contributed by atoms with Crippen molar-refractivity contribution in [2.75, 3.05) is 6.61 Å². The van der Waals surface area contributed by atoms with E-state index in [2.05, 4.69) is 5.16 Å². The number of hydrogen-bond acceptors (Lipinski definition) is 6. The highest BCUT2D eigenvalue weighted by Crippen LogP contribution is 2.41. The molecule has 0 amide bonds. The largest absolute Gasteiger partial charge is 0.485 e. The molecule has 4 aromatic rings. The Morgan fingerprint density at radius 1 is 1.06 bits per heavy atom. The zero-order chi connectivity index (χ0) is 25.5. The van der Waals surface area contributed by atoms with Crippen LogP contribution >= 0.6 is 0 Å². The zero-order valence-corrected chi connectivity index (χ0v) is 19.6. The molecule has 2 heterocycles. The van der Waals surface area contributed by atoms with Gasteiger partial charge >= 0.3 is 5.97 Å². The number of carboxylic acid groups (broad SMARTS) is 1. The van der Waals surface area contributed by atoms with E-state index in [1.165, 1.54) is 19.1 Å². The molecule has 0 saturated heterocycles. The summed E-state index contributed by atoms with van der Waals surface area (Å²) in [6.45, 7) is 3.08. The molecule has 0 saturated carbocycles. The van der Waals surface area contributed by atoms with E-state index in [1.54, 1.807) is 55.5 Å². The number of alkyl halides is 2. The number of carbonyl (C=O) groups is 1. The monoisotopic (exact) mass is 495 g/mol. The minimum Gasteiger partial charge on any atom is -0.485 e. The molecule has 1 aliphatic rings. The molecule has 1 aliphatic heterocycles. The van der Waals surface area contributed by atoms with Crippen LogP contribution in [0, 0.1) is 0 Å². The zero-order valence-electron chi connectivity index (χ0n) is 19.6. The second kappa shape index (κ2) is 8.82. The van der Waals surface area contributed by atoms with Crippen LogP contribution in [0.15, 0.2) is 65.2 Å². The normalized spacial score (nSPS) is 17.2. The summed E-state index contributed by atoms with van der Waals surface area (Å²) in [6, 6.07) is 16.1. The molecule has 1 aromatic heterocycles. The predicted octanol–water partition coefficient (Wildman–Crippen LogP) is 6.79. The first-order chi connectivity index (χ1) is 17.2. The number of halogens is 2. The van der Waals surface area contributed by atoms with Crippen LogP contribution in [0.5, 0.6) is 23.0 Å². The second-order valence-corrected chi connectivity index (χ2v) is 8.58. The molecule has 3 aromatic carbocycles. The van der Waals surface area contributed by atoms with Crippen molar-refractivity contribution >= 4 is 16.9 Å². The number of carboxylic acids is 1. The molecule has 1 atom stereocenters. The molecule has 5 rings (SSSR count). The maximum Gasteiger partial charge on any atom is 0.351 e. The van der Waals surface area contributed by atoms with Crippen molar-refractivity contribution in [3.05, 3.63) is 66.2 Å². The van der Waals surface area contributed by atoms with Crippen molar-refractivity contribution in [1.29, 1.82) is 0 Å². The van der Waals surface area contributed by atoms with Crippen LogP contribution in [-0.4, -0.2) is 28.4 Å². The lowest BCUT2D eigenvalue weighted by Gasteiger charge is -2.34. The Hall–Kier alpha value is -4.14. The van der Waals surface area contributed by atoms with Gasteiger partial charge in [0.25, 0.3) is 5.92 Å². The van der Waals surface area contributed by atoms with Gasteiger partial charge in [-0.05, 0) is 30.7 Å². The standard InChI is InChI=1S/C27H23F2NO6/c1-3-26(25(31)32)15-33-21-12-10-19(14-23(21)35-26)34-18-9-11-20-22(13-18)36-30-24(20)16-5-7-17(8-6-16)27(28,29)4-2/h5-14H,3-4,15H2,1-2H3,(H,31,32)/t26-/m1/s1. The van der Waals surface area contributed by atoms with Crippen LogP contribution in [0.2, 0.25) is 0 Å². The van der Waals surface area contributed by atoms with E-state index in [-0.39, 0.29) is 30.8 Å². The van der Waals surface area contributed by atoms with Gasteiger partial charge in [0.2, 0.25) is 5.60 Å². The molecule has 0 unspecified atom stereocenters. The Morgan fingerprint density at radius 3 is 2.47 bits per heavy atom. The summed E-state index contributed by atoms with van der Waals surface area (Å²) in [6.07, 6.45) is -0.0362. The van der Waals surface area contributed by atoms with Crippen LogP contribution < -0.4 is 14.2 Å². The summed E-state index contributed by atoms with van der Waals surface area (Å²) in [7, 11) is 0. The van der Waals surface area contributed by atoms with Crippen molar-refractivity contribution in [1.82, 2.24) is 5.16 Å². The summed E-state index contributed by atoms with van der Waals surface area (Å²) < 4.78 is 50.7. The fourth-order valence-electron chi connectivity index (χ4n) is 4.02. The molecule has 0 radical (unpaired) electrons. The molecule has 7 nitrogen and oxygen atoms in total. The van der Waals surface area contributed by atoms with E-state index in [0.717, 1.165) is 0 Å². The fraction of sp³-hybridized carbons (Fsp3) is 0.259. The molecule has 0 bridgehead atoms. The molecule has 0 aliphatic carbocycles.